The number of ether oxygens (including phenoxy) is 1. The number of carbonyl (C=O) groups excluding carboxylic acids is 2. The van der Waals surface area contributed by atoms with Crippen LogP contribution in [0.5, 0.6) is 5.75 Å². The Labute approximate surface area is 149 Å². The number of aryl methyl sites for hydroxylation is 1. The normalized spacial score (nSPS) is 19.6. The lowest BCUT2D eigenvalue weighted by molar-refractivity contribution is -0.141. The van der Waals surface area contributed by atoms with Crippen molar-refractivity contribution in [2.75, 3.05) is 26.2 Å². The average molecular weight is 344 g/mol. The van der Waals surface area contributed by atoms with Gasteiger partial charge in [-0.15, -0.1) is 0 Å². The van der Waals surface area contributed by atoms with Gasteiger partial charge in [0.15, 0.2) is 0 Å². The number of rotatable bonds is 4. The van der Waals surface area contributed by atoms with E-state index < -0.39 is 0 Å². The Morgan fingerprint density at radius 3 is 2.72 bits per heavy atom. The predicted molar refractivity (Wildman–Crippen MR) is 96.5 cm³/mol. The molecule has 25 heavy (non-hydrogen) atoms. The number of carbonyl (C=O) groups is 2. The molecule has 2 saturated heterocycles. The highest BCUT2D eigenvalue weighted by atomic mass is 16.5. The maximum Gasteiger partial charge on any atom is 0.242 e. The fourth-order valence-corrected chi connectivity index (χ4v) is 3.57. The van der Waals surface area contributed by atoms with E-state index in [4.69, 9.17) is 4.74 Å². The first-order valence-corrected chi connectivity index (χ1v) is 9.41. The quantitative estimate of drug-likeness (QED) is 0.844. The summed E-state index contributed by atoms with van der Waals surface area (Å²) in [7, 11) is 0. The monoisotopic (exact) mass is 344 g/mol. The van der Waals surface area contributed by atoms with Crippen LogP contribution in [0.15, 0.2) is 24.3 Å². The van der Waals surface area contributed by atoms with Gasteiger partial charge in [0.2, 0.25) is 11.8 Å². The lowest BCUT2D eigenvalue weighted by Gasteiger charge is -2.33. The van der Waals surface area contributed by atoms with Gasteiger partial charge in [-0.05, 0) is 37.5 Å². The molecule has 0 N–H and O–H groups in total. The molecule has 5 nitrogen and oxygen atoms in total. The molecule has 1 aromatic carbocycles. The highest BCUT2D eigenvalue weighted by molar-refractivity contribution is 5.85. The van der Waals surface area contributed by atoms with Crippen molar-refractivity contribution in [2.24, 2.45) is 0 Å². The number of benzene rings is 1. The fourth-order valence-electron chi connectivity index (χ4n) is 3.57. The molecule has 1 aromatic rings. The molecule has 2 heterocycles. The second-order valence-corrected chi connectivity index (χ2v) is 7.14. The third-order valence-corrected chi connectivity index (χ3v) is 5.08. The minimum absolute atomic E-state index is 0.0734. The number of hydrogen-bond acceptors (Lipinski definition) is 3. The molecular formula is C20H28N2O3. The Morgan fingerprint density at radius 2 is 1.96 bits per heavy atom. The number of hydrogen-bond donors (Lipinski definition) is 0. The summed E-state index contributed by atoms with van der Waals surface area (Å²) in [5.74, 6) is 1.10. The van der Waals surface area contributed by atoms with Gasteiger partial charge in [-0.2, -0.15) is 0 Å². The molecule has 2 amide bonds. The predicted octanol–water partition coefficient (Wildman–Crippen LogP) is 2.77. The lowest BCUT2D eigenvalue weighted by atomic mass is 10.1. The summed E-state index contributed by atoms with van der Waals surface area (Å²) in [5, 5.41) is 0. The van der Waals surface area contributed by atoms with Crippen molar-refractivity contribution in [1.82, 2.24) is 9.80 Å². The van der Waals surface area contributed by atoms with E-state index in [0.717, 1.165) is 44.4 Å². The SMILES string of the molecule is Cc1cccc(OC2CCN(C(=O)CN3CCCCCC3=O)CC2)c1. The Morgan fingerprint density at radius 1 is 1.16 bits per heavy atom. The van der Waals surface area contributed by atoms with Crippen LogP contribution in [-0.4, -0.2) is 53.9 Å². The summed E-state index contributed by atoms with van der Waals surface area (Å²) in [6, 6.07) is 8.08. The molecule has 0 unspecified atom stereocenters. The van der Waals surface area contributed by atoms with Crippen LogP contribution >= 0.6 is 0 Å². The van der Waals surface area contributed by atoms with Crippen LogP contribution in [0, 0.1) is 6.92 Å². The zero-order valence-corrected chi connectivity index (χ0v) is 15.1. The van der Waals surface area contributed by atoms with Crippen molar-refractivity contribution in [2.45, 2.75) is 51.6 Å². The molecule has 5 heteroatoms. The van der Waals surface area contributed by atoms with E-state index in [2.05, 4.69) is 13.0 Å². The topological polar surface area (TPSA) is 49.9 Å². The molecule has 136 valence electrons. The van der Waals surface area contributed by atoms with Gasteiger partial charge in [0.05, 0.1) is 6.54 Å². The molecule has 0 aromatic heterocycles. The standard InChI is InChI=1S/C20H28N2O3/c1-16-6-5-7-18(14-16)25-17-9-12-21(13-10-17)20(24)15-22-11-4-2-3-8-19(22)23/h5-7,14,17H,2-4,8-13,15H2,1H3. The maximum absolute atomic E-state index is 12.5. The van der Waals surface area contributed by atoms with Crippen molar-refractivity contribution in [3.05, 3.63) is 29.8 Å². The Hall–Kier alpha value is -2.04. The maximum atomic E-state index is 12.5. The zero-order chi connectivity index (χ0) is 17.6. The minimum atomic E-state index is 0.0734. The Kier molecular flexibility index (Phi) is 5.95. The van der Waals surface area contributed by atoms with Gasteiger partial charge < -0.3 is 14.5 Å². The summed E-state index contributed by atoms with van der Waals surface area (Å²) in [4.78, 5) is 28.2. The fraction of sp³-hybridized carbons (Fsp3) is 0.600. The summed E-state index contributed by atoms with van der Waals surface area (Å²) in [6.07, 6.45) is 5.46. The highest BCUT2D eigenvalue weighted by Gasteiger charge is 2.26. The highest BCUT2D eigenvalue weighted by Crippen LogP contribution is 2.20. The third kappa shape index (κ3) is 4.97. The van der Waals surface area contributed by atoms with E-state index in [0.29, 0.717) is 19.5 Å². The molecule has 2 aliphatic rings. The molecule has 0 spiro atoms. The first-order chi connectivity index (χ1) is 12.1. The molecule has 2 aliphatic heterocycles. The second kappa shape index (κ2) is 8.37. The van der Waals surface area contributed by atoms with E-state index in [1.807, 2.05) is 23.1 Å². The Balaban J connectivity index is 1.46. The Bertz CT molecular complexity index is 609. The largest absolute Gasteiger partial charge is 0.490 e. The van der Waals surface area contributed by atoms with Crippen molar-refractivity contribution in [3.8, 4) is 5.75 Å². The first kappa shape index (κ1) is 17.8. The van der Waals surface area contributed by atoms with E-state index in [-0.39, 0.29) is 24.5 Å². The summed E-state index contributed by atoms with van der Waals surface area (Å²) < 4.78 is 6.05. The van der Waals surface area contributed by atoms with Crippen LogP contribution in [0.4, 0.5) is 0 Å². The van der Waals surface area contributed by atoms with Crippen molar-refractivity contribution in [1.29, 1.82) is 0 Å². The van der Waals surface area contributed by atoms with Gasteiger partial charge >= 0.3 is 0 Å². The molecule has 0 aliphatic carbocycles. The average Bonchev–Trinajstić information content (AvgIpc) is 2.80. The van der Waals surface area contributed by atoms with Crippen LogP contribution < -0.4 is 4.74 Å². The van der Waals surface area contributed by atoms with Gasteiger partial charge in [0.25, 0.3) is 0 Å². The van der Waals surface area contributed by atoms with Gasteiger partial charge in [0, 0.05) is 38.9 Å². The van der Waals surface area contributed by atoms with Crippen molar-refractivity contribution >= 4 is 11.8 Å². The molecule has 0 radical (unpaired) electrons. The van der Waals surface area contributed by atoms with Gasteiger partial charge in [-0.25, -0.2) is 0 Å². The number of amides is 2. The number of piperidine rings is 1. The molecule has 0 bridgehead atoms. The van der Waals surface area contributed by atoms with E-state index >= 15 is 0 Å². The summed E-state index contributed by atoms with van der Waals surface area (Å²) in [6.45, 7) is 4.42. The van der Waals surface area contributed by atoms with E-state index in [1.165, 1.54) is 5.56 Å². The van der Waals surface area contributed by atoms with Crippen LogP contribution in [0.1, 0.15) is 44.1 Å². The van der Waals surface area contributed by atoms with Gasteiger partial charge in [-0.1, -0.05) is 18.6 Å². The van der Waals surface area contributed by atoms with Crippen LogP contribution in [0.3, 0.4) is 0 Å². The minimum Gasteiger partial charge on any atom is -0.490 e. The van der Waals surface area contributed by atoms with Crippen LogP contribution in [-0.2, 0) is 9.59 Å². The molecule has 0 atom stereocenters. The van der Waals surface area contributed by atoms with Gasteiger partial charge in [0.1, 0.15) is 11.9 Å². The summed E-state index contributed by atoms with van der Waals surface area (Å²) >= 11 is 0. The van der Waals surface area contributed by atoms with Crippen molar-refractivity contribution in [3.63, 3.8) is 0 Å². The lowest BCUT2D eigenvalue weighted by Crippen LogP contribution is -2.47. The number of nitrogens with zero attached hydrogens (tertiary/aromatic N) is 2. The van der Waals surface area contributed by atoms with E-state index in [9.17, 15) is 9.59 Å². The smallest absolute Gasteiger partial charge is 0.242 e. The third-order valence-electron chi connectivity index (χ3n) is 5.08. The molecule has 0 saturated carbocycles. The summed E-state index contributed by atoms with van der Waals surface area (Å²) in [5.41, 5.74) is 1.19. The second-order valence-electron chi connectivity index (χ2n) is 7.14. The molecule has 2 fully saturated rings. The van der Waals surface area contributed by atoms with Crippen LogP contribution in [0.25, 0.3) is 0 Å². The molecule has 3 rings (SSSR count). The van der Waals surface area contributed by atoms with Crippen LogP contribution in [0.2, 0.25) is 0 Å². The first-order valence-electron chi connectivity index (χ1n) is 9.41. The number of likely N-dealkylation sites (tertiary alicyclic amines) is 2. The van der Waals surface area contributed by atoms with Gasteiger partial charge in [-0.3, -0.25) is 9.59 Å². The molecular weight excluding hydrogens is 316 g/mol. The zero-order valence-electron chi connectivity index (χ0n) is 15.1. The van der Waals surface area contributed by atoms with Crippen molar-refractivity contribution < 1.29 is 14.3 Å². The van der Waals surface area contributed by atoms with E-state index in [1.54, 1.807) is 4.90 Å².